The van der Waals surface area contributed by atoms with Crippen LogP contribution in [0.1, 0.15) is 28.2 Å². The van der Waals surface area contributed by atoms with Gasteiger partial charge < -0.3 is 10.5 Å². The van der Waals surface area contributed by atoms with Gasteiger partial charge in [-0.25, -0.2) is 9.97 Å². The highest BCUT2D eigenvalue weighted by atomic mass is 79.9. The van der Waals surface area contributed by atoms with E-state index in [2.05, 4.69) is 81.4 Å². The largest absolute Gasteiger partial charge is 0.438 e. The molecule has 27 heavy (non-hydrogen) atoms. The predicted molar refractivity (Wildman–Crippen MR) is 110 cm³/mol. The van der Waals surface area contributed by atoms with Crippen LogP contribution in [0.4, 0.5) is 5.82 Å². The highest BCUT2D eigenvalue weighted by Gasteiger charge is 2.33. The van der Waals surface area contributed by atoms with Gasteiger partial charge in [0.25, 0.3) is 0 Å². The van der Waals surface area contributed by atoms with Gasteiger partial charge in [0.05, 0.1) is 5.56 Å². The summed E-state index contributed by atoms with van der Waals surface area (Å²) >= 11 is 3.56. The van der Waals surface area contributed by atoms with E-state index in [4.69, 9.17) is 10.5 Å². The highest BCUT2D eigenvalue weighted by molar-refractivity contribution is 9.10. The SMILES string of the molecule is Cc1ccc([C@H]2c3c(N)ncnc3Oc3ccc4cc(Br)ccc4c32)cc1. The van der Waals surface area contributed by atoms with Crippen molar-refractivity contribution in [3.8, 4) is 11.6 Å². The zero-order valence-electron chi connectivity index (χ0n) is 14.6. The van der Waals surface area contributed by atoms with Crippen molar-refractivity contribution in [2.45, 2.75) is 12.8 Å². The normalized spacial score (nSPS) is 15.1. The van der Waals surface area contributed by atoms with Crippen molar-refractivity contribution in [3.05, 3.63) is 87.7 Å². The van der Waals surface area contributed by atoms with Crippen LogP contribution in [0.3, 0.4) is 0 Å². The third-order valence-electron chi connectivity index (χ3n) is 5.06. The van der Waals surface area contributed by atoms with Crippen LogP contribution in [-0.4, -0.2) is 9.97 Å². The smallest absolute Gasteiger partial charge is 0.228 e. The number of nitrogens with zero attached hydrogens (tertiary/aromatic N) is 2. The summed E-state index contributed by atoms with van der Waals surface area (Å²) in [6, 6.07) is 18.9. The van der Waals surface area contributed by atoms with Crippen molar-refractivity contribution >= 4 is 32.5 Å². The number of nitrogen functional groups attached to an aromatic ring is 1. The lowest BCUT2D eigenvalue weighted by molar-refractivity contribution is 0.434. The van der Waals surface area contributed by atoms with Gasteiger partial charge in [-0.15, -0.1) is 0 Å². The van der Waals surface area contributed by atoms with E-state index in [1.165, 1.54) is 11.9 Å². The molecule has 5 rings (SSSR count). The van der Waals surface area contributed by atoms with Gasteiger partial charge in [-0.1, -0.05) is 57.9 Å². The van der Waals surface area contributed by atoms with E-state index < -0.39 is 0 Å². The Bertz CT molecular complexity index is 1190. The molecule has 0 fully saturated rings. The molecule has 0 saturated carbocycles. The molecule has 2 N–H and O–H groups in total. The van der Waals surface area contributed by atoms with Crippen molar-refractivity contribution in [2.24, 2.45) is 0 Å². The summed E-state index contributed by atoms with van der Waals surface area (Å²) in [6.07, 6.45) is 1.45. The zero-order chi connectivity index (χ0) is 18.5. The number of aromatic nitrogens is 2. The molecule has 1 atom stereocenters. The number of halogens is 1. The molecule has 0 unspecified atom stereocenters. The van der Waals surface area contributed by atoms with Crippen molar-refractivity contribution in [3.63, 3.8) is 0 Å². The van der Waals surface area contributed by atoms with Gasteiger partial charge in [-0.05, 0) is 41.5 Å². The predicted octanol–water partition coefficient (Wildman–Crippen LogP) is 5.57. The van der Waals surface area contributed by atoms with E-state index in [0.717, 1.165) is 37.7 Å². The first-order valence-electron chi connectivity index (χ1n) is 8.69. The van der Waals surface area contributed by atoms with Crippen LogP contribution < -0.4 is 10.5 Å². The number of benzene rings is 3. The third kappa shape index (κ3) is 2.58. The van der Waals surface area contributed by atoms with Crippen LogP contribution in [0, 0.1) is 6.92 Å². The number of aryl methyl sites for hydroxylation is 1. The molecule has 1 aliphatic rings. The standard InChI is InChI=1S/C22H16BrN3O/c1-12-2-4-13(5-3-12)18-19-16-8-7-15(23)10-14(16)6-9-17(19)27-22-20(18)21(24)25-11-26-22/h2-11,18H,1H3,(H2,24,25,26)/t18-/m1/s1. The monoisotopic (exact) mass is 417 g/mol. The Labute approximate surface area is 165 Å². The van der Waals surface area contributed by atoms with E-state index in [0.29, 0.717) is 11.7 Å². The summed E-state index contributed by atoms with van der Waals surface area (Å²) in [5.74, 6) is 1.69. The average Bonchev–Trinajstić information content (AvgIpc) is 2.67. The minimum atomic E-state index is -0.0876. The molecule has 0 amide bonds. The molecule has 4 aromatic rings. The van der Waals surface area contributed by atoms with E-state index in [-0.39, 0.29) is 5.92 Å². The summed E-state index contributed by atoms with van der Waals surface area (Å²) in [4.78, 5) is 8.58. The Morgan fingerprint density at radius 1 is 0.963 bits per heavy atom. The molecule has 0 saturated heterocycles. The number of nitrogens with two attached hydrogens (primary N) is 1. The molecule has 132 valence electrons. The molecule has 1 aliphatic heterocycles. The fraction of sp³-hybridized carbons (Fsp3) is 0.0909. The van der Waals surface area contributed by atoms with Crippen LogP contribution in [-0.2, 0) is 0 Å². The number of fused-ring (bicyclic) bond motifs is 4. The quantitative estimate of drug-likeness (QED) is 0.387. The minimum Gasteiger partial charge on any atom is -0.438 e. The third-order valence-corrected chi connectivity index (χ3v) is 5.55. The Hall–Kier alpha value is -2.92. The zero-order valence-corrected chi connectivity index (χ0v) is 16.2. The van der Waals surface area contributed by atoms with Crippen molar-refractivity contribution in [1.29, 1.82) is 0 Å². The number of rotatable bonds is 1. The first kappa shape index (κ1) is 16.3. The Balaban J connectivity index is 1.87. The average molecular weight is 418 g/mol. The van der Waals surface area contributed by atoms with Crippen molar-refractivity contribution in [1.82, 2.24) is 9.97 Å². The van der Waals surface area contributed by atoms with E-state index in [1.807, 2.05) is 6.07 Å². The van der Waals surface area contributed by atoms with Gasteiger partial charge >= 0.3 is 0 Å². The first-order valence-corrected chi connectivity index (χ1v) is 9.48. The lowest BCUT2D eigenvalue weighted by Crippen LogP contribution is -2.16. The lowest BCUT2D eigenvalue weighted by atomic mass is 9.81. The van der Waals surface area contributed by atoms with E-state index in [9.17, 15) is 0 Å². The number of hydrogen-bond donors (Lipinski definition) is 1. The maximum atomic E-state index is 6.29. The number of ether oxygens (including phenoxy) is 1. The second kappa shape index (κ2) is 6.06. The molecule has 3 aromatic carbocycles. The van der Waals surface area contributed by atoms with Gasteiger partial charge in [0.2, 0.25) is 5.88 Å². The molecule has 0 spiro atoms. The van der Waals surface area contributed by atoms with Gasteiger partial charge in [0.1, 0.15) is 17.9 Å². The van der Waals surface area contributed by atoms with Crippen LogP contribution >= 0.6 is 15.9 Å². The molecule has 0 aliphatic carbocycles. The molecule has 5 heteroatoms. The Morgan fingerprint density at radius 2 is 1.78 bits per heavy atom. The molecule has 0 bridgehead atoms. The highest BCUT2D eigenvalue weighted by Crippen LogP contribution is 2.50. The summed E-state index contributed by atoms with van der Waals surface area (Å²) in [5, 5.41) is 2.28. The fourth-order valence-electron chi connectivity index (χ4n) is 3.78. The lowest BCUT2D eigenvalue weighted by Gasteiger charge is -2.29. The maximum absolute atomic E-state index is 6.29. The second-order valence-corrected chi connectivity index (χ2v) is 7.68. The summed E-state index contributed by atoms with van der Waals surface area (Å²) in [5.41, 5.74) is 10.6. The summed E-state index contributed by atoms with van der Waals surface area (Å²) < 4.78 is 7.17. The van der Waals surface area contributed by atoms with Crippen molar-refractivity contribution < 1.29 is 4.74 Å². The topological polar surface area (TPSA) is 61.0 Å². The second-order valence-electron chi connectivity index (χ2n) is 6.77. The Kier molecular flexibility index (Phi) is 3.65. The molecular formula is C22H16BrN3O. The minimum absolute atomic E-state index is 0.0876. The van der Waals surface area contributed by atoms with E-state index in [1.54, 1.807) is 0 Å². The fourth-order valence-corrected chi connectivity index (χ4v) is 4.16. The van der Waals surface area contributed by atoms with E-state index >= 15 is 0 Å². The van der Waals surface area contributed by atoms with Gasteiger partial charge in [-0.3, -0.25) is 0 Å². The van der Waals surface area contributed by atoms with Crippen molar-refractivity contribution in [2.75, 3.05) is 5.73 Å². The molecule has 2 heterocycles. The molecule has 4 nitrogen and oxygen atoms in total. The van der Waals surface area contributed by atoms with Crippen LogP contribution in [0.2, 0.25) is 0 Å². The maximum Gasteiger partial charge on any atom is 0.228 e. The van der Waals surface area contributed by atoms with Crippen LogP contribution in [0.15, 0.2) is 65.4 Å². The molecule has 0 radical (unpaired) electrons. The van der Waals surface area contributed by atoms with Crippen LogP contribution in [0.25, 0.3) is 10.8 Å². The Morgan fingerprint density at radius 3 is 2.59 bits per heavy atom. The van der Waals surface area contributed by atoms with Gasteiger partial charge in [-0.2, -0.15) is 0 Å². The first-order chi connectivity index (χ1) is 13.1. The number of anilines is 1. The summed E-state index contributed by atoms with van der Waals surface area (Å²) in [7, 11) is 0. The van der Waals surface area contributed by atoms with Gasteiger partial charge in [0.15, 0.2) is 0 Å². The van der Waals surface area contributed by atoms with Gasteiger partial charge in [0, 0.05) is 16.0 Å². The number of hydrogen-bond acceptors (Lipinski definition) is 4. The van der Waals surface area contributed by atoms with Crippen LogP contribution in [0.5, 0.6) is 11.6 Å². The summed E-state index contributed by atoms with van der Waals surface area (Å²) in [6.45, 7) is 2.08. The molecule has 1 aromatic heterocycles. The molecular weight excluding hydrogens is 402 g/mol.